The lowest BCUT2D eigenvalue weighted by Crippen LogP contribution is -2.32. The molecule has 12 heteroatoms. The van der Waals surface area contributed by atoms with Crippen LogP contribution >= 0.6 is 0 Å². The van der Waals surface area contributed by atoms with Crippen molar-refractivity contribution in [1.82, 2.24) is 10.3 Å². The fourth-order valence-corrected chi connectivity index (χ4v) is 4.30. The Bertz CT molecular complexity index is 1420. The lowest BCUT2D eigenvalue weighted by Gasteiger charge is -2.30. The van der Waals surface area contributed by atoms with E-state index in [1.165, 1.54) is 48.5 Å². The number of aromatic nitrogens is 1. The van der Waals surface area contributed by atoms with Gasteiger partial charge in [-0.15, -0.1) is 0 Å². The van der Waals surface area contributed by atoms with Crippen LogP contribution in [0.5, 0.6) is 0 Å². The molecule has 0 fully saturated rings. The van der Waals surface area contributed by atoms with Crippen molar-refractivity contribution in [3.8, 4) is 0 Å². The zero-order chi connectivity index (χ0) is 28.8. The van der Waals surface area contributed by atoms with Gasteiger partial charge in [0.25, 0.3) is 11.4 Å². The van der Waals surface area contributed by atoms with E-state index in [0.29, 0.717) is 28.1 Å². The molecule has 0 amide bonds. The van der Waals surface area contributed by atoms with Gasteiger partial charge in [0, 0.05) is 48.1 Å². The summed E-state index contributed by atoms with van der Waals surface area (Å²) in [5.74, 6) is -2.24. The Hall–Kier alpha value is -5.39. The number of non-ortho nitro benzene ring substituents is 2. The molecule has 40 heavy (non-hydrogen) atoms. The highest BCUT2D eigenvalue weighted by molar-refractivity contribution is 5.99. The van der Waals surface area contributed by atoms with Crippen molar-refractivity contribution in [3.05, 3.63) is 133 Å². The number of nitrogens with one attached hydrogen (secondary N) is 1. The van der Waals surface area contributed by atoms with E-state index < -0.39 is 27.7 Å². The summed E-state index contributed by atoms with van der Waals surface area (Å²) in [6.07, 6.45) is 3.11. The van der Waals surface area contributed by atoms with E-state index >= 15 is 0 Å². The predicted molar refractivity (Wildman–Crippen MR) is 141 cm³/mol. The fourth-order valence-electron chi connectivity index (χ4n) is 4.30. The van der Waals surface area contributed by atoms with E-state index in [0.717, 1.165) is 0 Å². The molecule has 0 bridgehead atoms. The van der Waals surface area contributed by atoms with Gasteiger partial charge in [0.05, 0.1) is 26.9 Å². The summed E-state index contributed by atoms with van der Waals surface area (Å²) in [6, 6.07) is 14.7. The molecular formula is C28H24N4O8. The van der Waals surface area contributed by atoms with Crippen molar-refractivity contribution in [3.63, 3.8) is 0 Å². The Morgan fingerprint density at radius 3 is 1.62 bits per heavy atom. The molecule has 1 aliphatic rings. The van der Waals surface area contributed by atoms with Gasteiger partial charge in [-0.2, -0.15) is 0 Å². The van der Waals surface area contributed by atoms with Crippen LogP contribution in [0.25, 0.3) is 0 Å². The third-order valence-corrected chi connectivity index (χ3v) is 6.25. The third kappa shape index (κ3) is 6.18. The third-order valence-electron chi connectivity index (χ3n) is 6.25. The highest BCUT2D eigenvalue weighted by Crippen LogP contribution is 2.39. The first kappa shape index (κ1) is 27.6. The lowest BCUT2D eigenvalue weighted by atomic mass is 9.81. The van der Waals surface area contributed by atoms with E-state index in [9.17, 15) is 29.8 Å². The van der Waals surface area contributed by atoms with Crippen LogP contribution in [0.2, 0.25) is 0 Å². The maximum Gasteiger partial charge on any atom is 0.337 e. The molecule has 204 valence electrons. The van der Waals surface area contributed by atoms with Crippen LogP contribution in [0.1, 0.15) is 36.5 Å². The number of nitro benzene ring substituents is 2. The second kappa shape index (κ2) is 12.0. The summed E-state index contributed by atoms with van der Waals surface area (Å²) < 4.78 is 11.1. The smallest absolute Gasteiger partial charge is 0.337 e. The van der Waals surface area contributed by atoms with Crippen LogP contribution in [0.3, 0.4) is 0 Å². The molecular weight excluding hydrogens is 520 g/mol. The Morgan fingerprint density at radius 1 is 0.800 bits per heavy atom. The van der Waals surface area contributed by atoms with Crippen molar-refractivity contribution in [2.75, 3.05) is 0 Å². The van der Waals surface area contributed by atoms with Gasteiger partial charge in [-0.25, -0.2) is 9.59 Å². The normalized spacial score (nSPS) is 13.4. The number of hydrogen-bond donors (Lipinski definition) is 1. The molecule has 0 radical (unpaired) electrons. The number of rotatable bonds is 9. The minimum atomic E-state index is -0.858. The summed E-state index contributed by atoms with van der Waals surface area (Å²) in [5, 5.41) is 24.9. The molecule has 1 N–H and O–H groups in total. The first-order valence-electron chi connectivity index (χ1n) is 12.0. The number of ether oxygens (including phenoxy) is 2. The van der Waals surface area contributed by atoms with Gasteiger partial charge in [0.1, 0.15) is 13.2 Å². The zero-order valence-electron chi connectivity index (χ0n) is 21.5. The van der Waals surface area contributed by atoms with Crippen molar-refractivity contribution in [2.45, 2.75) is 33.0 Å². The van der Waals surface area contributed by atoms with Gasteiger partial charge in [0.2, 0.25) is 0 Å². The summed E-state index contributed by atoms with van der Waals surface area (Å²) in [4.78, 5) is 51.7. The molecule has 4 rings (SSSR count). The maximum atomic E-state index is 13.4. The van der Waals surface area contributed by atoms with Crippen molar-refractivity contribution in [1.29, 1.82) is 0 Å². The molecule has 12 nitrogen and oxygen atoms in total. The van der Waals surface area contributed by atoms with Crippen molar-refractivity contribution < 1.29 is 28.9 Å². The molecule has 0 unspecified atom stereocenters. The van der Waals surface area contributed by atoms with E-state index in [1.807, 2.05) is 0 Å². The highest BCUT2D eigenvalue weighted by Gasteiger charge is 2.38. The number of nitrogens with zero attached hydrogens (tertiary/aromatic N) is 3. The second-order valence-corrected chi connectivity index (χ2v) is 8.92. The molecule has 0 aliphatic carbocycles. The number of nitro groups is 2. The maximum absolute atomic E-state index is 13.4. The van der Waals surface area contributed by atoms with Gasteiger partial charge >= 0.3 is 11.9 Å². The van der Waals surface area contributed by atoms with Gasteiger partial charge in [-0.1, -0.05) is 6.07 Å². The van der Waals surface area contributed by atoms with Crippen molar-refractivity contribution >= 4 is 23.3 Å². The molecule has 0 spiro atoms. The predicted octanol–water partition coefficient (Wildman–Crippen LogP) is 4.62. The van der Waals surface area contributed by atoms with Crippen LogP contribution in [-0.2, 0) is 32.3 Å². The SMILES string of the molecule is CC1=C(C(=O)OCc2ccc([N+](=O)[O-])cc2)C(c2cccnc2)C(C(=O)OCc2ccc([N+](=O)[O-])cc2)=C(C)N1. The molecule has 1 aromatic heterocycles. The van der Waals surface area contributed by atoms with Crippen LogP contribution in [0.4, 0.5) is 11.4 Å². The van der Waals surface area contributed by atoms with Crippen molar-refractivity contribution in [2.24, 2.45) is 0 Å². The number of esters is 2. The van der Waals surface area contributed by atoms with E-state index in [-0.39, 0.29) is 35.7 Å². The molecule has 3 aromatic rings. The van der Waals surface area contributed by atoms with Crippen LogP contribution in [0.15, 0.2) is 95.6 Å². The van der Waals surface area contributed by atoms with E-state index in [1.54, 1.807) is 38.4 Å². The standard InChI is InChI=1S/C28H24N4O8/c1-17-24(27(33)39-15-19-5-9-22(10-6-19)31(35)36)26(21-4-3-13-29-14-21)25(18(2)30-17)28(34)40-16-20-7-11-23(12-8-20)32(37)38/h3-14,26,30H,15-16H2,1-2H3. The van der Waals surface area contributed by atoms with Gasteiger partial charge < -0.3 is 14.8 Å². The number of benzene rings is 2. The molecule has 1 aliphatic heterocycles. The first-order chi connectivity index (χ1) is 19.2. The summed E-state index contributed by atoms with van der Waals surface area (Å²) in [7, 11) is 0. The minimum Gasteiger partial charge on any atom is -0.457 e. The number of allylic oxidation sites excluding steroid dienone is 2. The quantitative estimate of drug-likeness (QED) is 0.228. The number of carbonyl (C=O) groups is 2. The average Bonchev–Trinajstić information content (AvgIpc) is 2.95. The Kier molecular flexibility index (Phi) is 8.28. The van der Waals surface area contributed by atoms with Crippen LogP contribution in [-0.4, -0.2) is 26.8 Å². The van der Waals surface area contributed by atoms with E-state index in [2.05, 4.69) is 10.3 Å². The average molecular weight is 545 g/mol. The monoisotopic (exact) mass is 544 g/mol. The number of hydrogen-bond acceptors (Lipinski definition) is 10. The molecule has 0 saturated carbocycles. The topological polar surface area (TPSA) is 164 Å². The number of pyridine rings is 1. The summed E-state index contributed by atoms with van der Waals surface area (Å²) in [5.41, 5.74) is 2.82. The van der Waals surface area contributed by atoms with Crippen LogP contribution < -0.4 is 5.32 Å². The van der Waals surface area contributed by atoms with Gasteiger partial charge in [-0.05, 0) is 60.9 Å². The van der Waals surface area contributed by atoms with Gasteiger partial charge in [-0.3, -0.25) is 25.2 Å². The van der Waals surface area contributed by atoms with Crippen LogP contribution in [0, 0.1) is 20.2 Å². The fraction of sp³-hybridized carbons (Fsp3) is 0.179. The Labute approximate surface area is 228 Å². The molecule has 0 atom stereocenters. The lowest BCUT2D eigenvalue weighted by molar-refractivity contribution is -0.385. The number of carbonyl (C=O) groups excluding carboxylic acids is 2. The number of dihydropyridines is 1. The molecule has 2 heterocycles. The highest BCUT2D eigenvalue weighted by atomic mass is 16.6. The largest absolute Gasteiger partial charge is 0.457 e. The second-order valence-electron chi connectivity index (χ2n) is 8.92. The van der Waals surface area contributed by atoms with Gasteiger partial charge in [0.15, 0.2) is 0 Å². The zero-order valence-corrected chi connectivity index (χ0v) is 21.5. The molecule has 0 saturated heterocycles. The summed E-state index contributed by atoms with van der Waals surface area (Å²) >= 11 is 0. The molecule has 2 aromatic carbocycles. The first-order valence-corrected chi connectivity index (χ1v) is 12.0. The Balaban J connectivity index is 1.57. The van der Waals surface area contributed by atoms with E-state index in [4.69, 9.17) is 9.47 Å². The summed E-state index contributed by atoms with van der Waals surface area (Å²) in [6.45, 7) is 3.09. The minimum absolute atomic E-state index is 0.0840. The Morgan fingerprint density at radius 2 is 1.25 bits per heavy atom.